The number of amides is 1. The molecule has 4 rings (SSSR count). The van der Waals surface area contributed by atoms with Gasteiger partial charge in [0.1, 0.15) is 5.60 Å². The molecule has 0 unspecified atom stereocenters. The summed E-state index contributed by atoms with van der Waals surface area (Å²) in [5.41, 5.74) is 7.91. The van der Waals surface area contributed by atoms with Crippen molar-refractivity contribution in [1.82, 2.24) is 19.9 Å². The second kappa shape index (κ2) is 9.73. The number of rotatable bonds is 5. The third-order valence-electron chi connectivity index (χ3n) is 6.74. The van der Waals surface area contributed by atoms with Crippen molar-refractivity contribution in [1.29, 1.82) is 0 Å². The van der Waals surface area contributed by atoms with Gasteiger partial charge in [0, 0.05) is 32.1 Å². The predicted molar refractivity (Wildman–Crippen MR) is 122 cm³/mol. The van der Waals surface area contributed by atoms with Gasteiger partial charge in [0.05, 0.1) is 24.1 Å². The molecule has 2 fully saturated rings. The van der Waals surface area contributed by atoms with Crippen LogP contribution in [0.3, 0.4) is 0 Å². The number of nitrogens with two attached hydrogens (primary N) is 1. The molecule has 1 saturated carbocycles. The Kier molecular flexibility index (Phi) is 7.09. The fourth-order valence-electron chi connectivity index (χ4n) is 4.85. The summed E-state index contributed by atoms with van der Waals surface area (Å²) < 4.78 is 40.1. The zero-order valence-corrected chi connectivity index (χ0v) is 20.1. The molecule has 0 bridgehead atoms. The highest BCUT2D eigenvalue weighted by atomic mass is 19.3. The molecule has 8 nitrogen and oxygen atoms in total. The molecule has 34 heavy (non-hydrogen) atoms. The van der Waals surface area contributed by atoms with Crippen molar-refractivity contribution in [3.8, 4) is 0 Å². The van der Waals surface area contributed by atoms with E-state index in [0.29, 0.717) is 30.5 Å². The lowest BCUT2D eigenvalue weighted by Gasteiger charge is -2.33. The lowest BCUT2D eigenvalue weighted by atomic mass is 9.81. The quantitative estimate of drug-likeness (QED) is 0.652. The number of nitrogens with one attached hydrogen (secondary N) is 1. The third kappa shape index (κ3) is 6.02. The summed E-state index contributed by atoms with van der Waals surface area (Å²) in [5.74, 6) is -2.53. The van der Waals surface area contributed by atoms with Gasteiger partial charge in [-0.15, -0.1) is 0 Å². The average Bonchev–Trinajstić information content (AvgIpc) is 3.20. The van der Waals surface area contributed by atoms with Crippen LogP contribution in [0.25, 0.3) is 5.65 Å². The molecule has 1 aliphatic heterocycles. The van der Waals surface area contributed by atoms with Gasteiger partial charge in [0.25, 0.3) is 0 Å². The summed E-state index contributed by atoms with van der Waals surface area (Å²) in [7, 11) is 0. The Bertz CT molecular complexity index is 990. The Hall–Kier alpha value is -2.33. The van der Waals surface area contributed by atoms with E-state index in [0.717, 1.165) is 18.4 Å². The second-order valence-electron chi connectivity index (χ2n) is 10.6. The molecule has 3 N–H and O–H groups in total. The number of carbonyl (C=O) groups is 1. The first kappa shape index (κ1) is 24.8. The molecule has 1 aliphatic carbocycles. The monoisotopic (exact) mass is 479 g/mol. The smallest absolute Gasteiger partial charge is 0.408 e. The number of alkyl halides is 2. The van der Waals surface area contributed by atoms with Gasteiger partial charge in [0.15, 0.2) is 5.65 Å². The Labute approximate surface area is 198 Å². The van der Waals surface area contributed by atoms with E-state index >= 15 is 0 Å². The number of hydrogen-bond acceptors (Lipinski definition) is 6. The van der Waals surface area contributed by atoms with E-state index in [-0.39, 0.29) is 37.6 Å². The number of alkyl carbamates (subject to hydrolysis) is 1. The van der Waals surface area contributed by atoms with Crippen molar-refractivity contribution in [2.45, 2.75) is 82.9 Å². The number of carbonyl (C=O) groups excluding carboxylic acids is 1. The van der Waals surface area contributed by atoms with Crippen LogP contribution in [-0.4, -0.2) is 45.4 Å². The van der Waals surface area contributed by atoms with Crippen LogP contribution in [0.5, 0.6) is 0 Å². The highest BCUT2D eigenvalue weighted by Crippen LogP contribution is 2.41. The summed E-state index contributed by atoms with van der Waals surface area (Å²) in [6, 6.07) is 1.19. The molecule has 10 heteroatoms. The van der Waals surface area contributed by atoms with E-state index in [1.54, 1.807) is 37.7 Å². The maximum atomic E-state index is 13.8. The van der Waals surface area contributed by atoms with E-state index in [2.05, 4.69) is 10.4 Å². The molecule has 2 aliphatic rings. The van der Waals surface area contributed by atoms with Gasteiger partial charge in [0.2, 0.25) is 5.92 Å². The topological polar surface area (TPSA) is 104 Å². The number of aromatic nitrogens is 3. The van der Waals surface area contributed by atoms with Crippen LogP contribution in [0.4, 0.5) is 13.6 Å². The molecule has 1 saturated heterocycles. The fourth-order valence-corrected chi connectivity index (χ4v) is 4.85. The van der Waals surface area contributed by atoms with E-state index in [1.807, 2.05) is 6.07 Å². The van der Waals surface area contributed by atoms with Gasteiger partial charge in [-0.1, -0.05) is 0 Å². The first-order valence-electron chi connectivity index (χ1n) is 12.1. The molecule has 0 aromatic carbocycles. The van der Waals surface area contributed by atoms with Crippen molar-refractivity contribution >= 4 is 11.7 Å². The van der Waals surface area contributed by atoms with Gasteiger partial charge in [-0.25, -0.2) is 23.1 Å². The standard InChI is InChI=1S/C24H35F2N5O3/c1-23(2,3)34-22(32)30-21(16-4-8-24(25,26)9-5-16)18-14-31-19(29-18)12-17(13-28-31)20(27)15-6-10-33-11-7-15/h12-16,20-21H,4-11,27H2,1-3H3,(H,30,32)/t20-,21+/m1/s1. The zero-order chi connectivity index (χ0) is 24.5. The lowest BCUT2D eigenvalue weighted by Crippen LogP contribution is -2.40. The Morgan fingerprint density at radius 2 is 1.91 bits per heavy atom. The number of nitrogens with zero attached hydrogens (tertiary/aromatic N) is 3. The summed E-state index contributed by atoms with van der Waals surface area (Å²) in [5, 5.41) is 7.37. The molecular formula is C24H35F2N5O3. The maximum Gasteiger partial charge on any atom is 0.408 e. The van der Waals surface area contributed by atoms with Crippen molar-refractivity contribution in [2.24, 2.45) is 17.6 Å². The van der Waals surface area contributed by atoms with E-state index in [1.165, 1.54) is 0 Å². The van der Waals surface area contributed by atoms with Gasteiger partial charge in [-0.05, 0) is 69.9 Å². The van der Waals surface area contributed by atoms with E-state index < -0.39 is 23.7 Å². The largest absolute Gasteiger partial charge is 0.444 e. The molecule has 0 radical (unpaired) electrons. The van der Waals surface area contributed by atoms with Crippen LogP contribution in [0.15, 0.2) is 18.5 Å². The van der Waals surface area contributed by atoms with Crippen molar-refractivity contribution in [2.75, 3.05) is 13.2 Å². The molecule has 1 amide bonds. The minimum atomic E-state index is -2.66. The van der Waals surface area contributed by atoms with Crippen molar-refractivity contribution in [3.63, 3.8) is 0 Å². The summed E-state index contributed by atoms with van der Waals surface area (Å²) in [4.78, 5) is 17.3. The molecule has 3 heterocycles. The predicted octanol–water partition coefficient (Wildman–Crippen LogP) is 4.55. The molecule has 2 aromatic heterocycles. The van der Waals surface area contributed by atoms with Gasteiger partial charge < -0.3 is 20.5 Å². The van der Waals surface area contributed by atoms with E-state index in [4.69, 9.17) is 20.2 Å². The highest BCUT2D eigenvalue weighted by molar-refractivity contribution is 5.68. The summed E-state index contributed by atoms with van der Waals surface area (Å²) >= 11 is 0. The molecule has 188 valence electrons. The molecular weight excluding hydrogens is 444 g/mol. The van der Waals surface area contributed by atoms with Crippen LogP contribution in [0, 0.1) is 11.8 Å². The number of fused-ring (bicyclic) bond motifs is 1. The Morgan fingerprint density at radius 3 is 2.56 bits per heavy atom. The highest BCUT2D eigenvalue weighted by Gasteiger charge is 2.39. The first-order chi connectivity index (χ1) is 16.0. The fraction of sp³-hybridized carbons (Fsp3) is 0.708. The number of ether oxygens (including phenoxy) is 2. The average molecular weight is 480 g/mol. The van der Waals surface area contributed by atoms with Gasteiger partial charge in [-0.3, -0.25) is 0 Å². The minimum absolute atomic E-state index is 0.169. The van der Waals surface area contributed by atoms with Crippen LogP contribution >= 0.6 is 0 Å². The zero-order valence-electron chi connectivity index (χ0n) is 20.1. The number of hydrogen-bond donors (Lipinski definition) is 2. The number of imidazole rings is 1. The molecule has 0 spiro atoms. The SMILES string of the molecule is CC(C)(C)OC(=O)N[C@H](c1cn2ncc([C@H](N)C3CCOCC3)cc2n1)C1CCC(F)(F)CC1. The second-order valence-corrected chi connectivity index (χ2v) is 10.6. The first-order valence-corrected chi connectivity index (χ1v) is 12.1. The van der Waals surface area contributed by atoms with Crippen LogP contribution in [0.1, 0.15) is 82.6 Å². The molecule has 2 atom stereocenters. The third-order valence-corrected chi connectivity index (χ3v) is 6.74. The minimum Gasteiger partial charge on any atom is -0.444 e. The van der Waals surface area contributed by atoms with Crippen LogP contribution < -0.4 is 11.1 Å². The Morgan fingerprint density at radius 1 is 1.24 bits per heavy atom. The lowest BCUT2D eigenvalue weighted by molar-refractivity contribution is -0.0500. The maximum absolute atomic E-state index is 13.8. The van der Waals surface area contributed by atoms with Crippen LogP contribution in [-0.2, 0) is 9.47 Å². The van der Waals surface area contributed by atoms with Gasteiger partial charge >= 0.3 is 6.09 Å². The van der Waals surface area contributed by atoms with Gasteiger partial charge in [-0.2, -0.15) is 5.10 Å². The Balaban J connectivity index is 1.58. The summed E-state index contributed by atoms with van der Waals surface area (Å²) in [6.45, 7) is 6.75. The van der Waals surface area contributed by atoms with E-state index in [9.17, 15) is 13.6 Å². The van der Waals surface area contributed by atoms with Crippen molar-refractivity contribution < 1.29 is 23.0 Å². The van der Waals surface area contributed by atoms with Crippen LogP contribution in [0.2, 0.25) is 0 Å². The van der Waals surface area contributed by atoms with Crippen molar-refractivity contribution in [3.05, 3.63) is 29.7 Å². The summed E-state index contributed by atoms with van der Waals surface area (Å²) in [6.07, 6.45) is 4.86. The number of halogens is 2. The normalized spacial score (nSPS) is 21.8. The molecule has 2 aromatic rings.